The molecule has 1 saturated heterocycles. The Morgan fingerprint density at radius 3 is 2.56 bits per heavy atom. The van der Waals surface area contributed by atoms with E-state index in [-0.39, 0.29) is 24.2 Å². The molecular weight excluding hydrogens is 322 g/mol. The van der Waals surface area contributed by atoms with Crippen LogP contribution in [0.4, 0.5) is 0 Å². The average molecular weight is 349 g/mol. The maximum atomic E-state index is 12.4. The maximum Gasteiger partial charge on any atom is 0.303 e. The van der Waals surface area contributed by atoms with Gasteiger partial charge >= 0.3 is 5.97 Å². The number of carbonyl (C=O) groups excluding carboxylic acids is 1. The number of piperidine rings is 1. The molecule has 2 atom stereocenters. The minimum atomic E-state index is -0.824. The van der Waals surface area contributed by atoms with Gasteiger partial charge in [0.1, 0.15) is 0 Å². The van der Waals surface area contributed by atoms with E-state index < -0.39 is 5.97 Å². The van der Waals surface area contributed by atoms with Gasteiger partial charge in [-0.15, -0.1) is 0 Å². The van der Waals surface area contributed by atoms with E-state index in [9.17, 15) is 9.59 Å². The minimum absolute atomic E-state index is 0.0488. The SMILES string of the molecule is CCC1CN(CCc2ccc(OC)c(OC)c2)C(=O)CC1CC(=O)O. The molecule has 25 heavy (non-hydrogen) atoms. The Bertz CT molecular complexity index is 616. The first-order chi connectivity index (χ1) is 12.0. The molecule has 1 aromatic rings. The molecule has 1 aliphatic rings. The first-order valence-electron chi connectivity index (χ1n) is 8.68. The molecule has 0 spiro atoms. The van der Waals surface area contributed by atoms with Crippen LogP contribution in [0.1, 0.15) is 31.7 Å². The number of carboxylic acids is 1. The van der Waals surface area contributed by atoms with Crippen molar-refractivity contribution in [3.05, 3.63) is 23.8 Å². The normalized spacial score (nSPS) is 20.4. The number of ether oxygens (including phenoxy) is 2. The van der Waals surface area contributed by atoms with E-state index in [4.69, 9.17) is 14.6 Å². The summed E-state index contributed by atoms with van der Waals surface area (Å²) < 4.78 is 10.6. The summed E-state index contributed by atoms with van der Waals surface area (Å²) in [6, 6.07) is 5.77. The fourth-order valence-corrected chi connectivity index (χ4v) is 3.50. The molecule has 2 rings (SSSR count). The van der Waals surface area contributed by atoms with Gasteiger partial charge in [0.05, 0.1) is 14.2 Å². The van der Waals surface area contributed by atoms with Gasteiger partial charge in [0.25, 0.3) is 0 Å². The highest BCUT2D eigenvalue weighted by Crippen LogP contribution is 2.31. The molecule has 1 aromatic carbocycles. The van der Waals surface area contributed by atoms with Crippen molar-refractivity contribution in [2.24, 2.45) is 11.8 Å². The van der Waals surface area contributed by atoms with Crippen molar-refractivity contribution in [1.29, 1.82) is 0 Å². The summed E-state index contributed by atoms with van der Waals surface area (Å²) in [6.07, 6.45) is 2.02. The molecule has 0 radical (unpaired) electrons. The zero-order valence-electron chi connectivity index (χ0n) is 15.2. The van der Waals surface area contributed by atoms with Gasteiger partial charge in [-0.1, -0.05) is 19.4 Å². The summed E-state index contributed by atoms with van der Waals surface area (Å²) in [4.78, 5) is 25.2. The second kappa shape index (κ2) is 8.74. The largest absolute Gasteiger partial charge is 0.493 e. The van der Waals surface area contributed by atoms with Crippen molar-refractivity contribution in [2.75, 3.05) is 27.3 Å². The Morgan fingerprint density at radius 2 is 1.96 bits per heavy atom. The molecule has 1 N–H and O–H groups in total. The van der Waals surface area contributed by atoms with Gasteiger partial charge in [0.2, 0.25) is 5.91 Å². The molecule has 1 aliphatic heterocycles. The number of carboxylic acid groups (broad SMARTS) is 1. The first kappa shape index (κ1) is 19.1. The fraction of sp³-hybridized carbons (Fsp3) is 0.579. The van der Waals surface area contributed by atoms with Crippen molar-refractivity contribution in [3.8, 4) is 11.5 Å². The number of likely N-dealkylation sites (tertiary alicyclic amines) is 1. The van der Waals surface area contributed by atoms with Crippen LogP contribution in [0.3, 0.4) is 0 Å². The van der Waals surface area contributed by atoms with E-state index in [1.807, 2.05) is 23.1 Å². The Kier molecular flexibility index (Phi) is 6.67. The van der Waals surface area contributed by atoms with E-state index in [0.717, 1.165) is 18.4 Å². The first-order valence-corrected chi connectivity index (χ1v) is 8.68. The molecule has 0 aromatic heterocycles. The predicted octanol–water partition coefficient (Wildman–Crippen LogP) is 2.60. The molecule has 0 saturated carbocycles. The quantitative estimate of drug-likeness (QED) is 0.781. The topological polar surface area (TPSA) is 76.1 Å². The summed E-state index contributed by atoms with van der Waals surface area (Å²) in [7, 11) is 3.20. The molecule has 0 bridgehead atoms. The van der Waals surface area contributed by atoms with Gasteiger partial charge < -0.3 is 19.5 Å². The lowest BCUT2D eigenvalue weighted by Crippen LogP contribution is -2.45. The average Bonchev–Trinajstić information content (AvgIpc) is 2.60. The number of hydrogen-bond donors (Lipinski definition) is 1. The summed E-state index contributed by atoms with van der Waals surface area (Å²) >= 11 is 0. The Balaban J connectivity index is 1.99. The third kappa shape index (κ3) is 4.87. The standard InChI is InChI=1S/C19H27NO5/c1-4-14-12-20(18(21)10-15(14)11-19(22)23)8-7-13-5-6-16(24-2)17(9-13)25-3/h5-6,9,14-15H,4,7-8,10-12H2,1-3H3,(H,22,23). The number of amides is 1. The number of nitrogens with zero attached hydrogens (tertiary/aromatic N) is 1. The van der Waals surface area contributed by atoms with Crippen LogP contribution in [0.15, 0.2) is 18.2 Å². The van der Waals surface area contributed by atoms with Crippen LogP contribution in [0, 0.1) is 11.8 Å². The van der Waals surface area contributed by atoms with Gasteiger partial charge in [-0.3, -0.25) is 9.59 Å². The number of rotatable bonds is 8. The van der Waals surface area contributed by atoms with Gasteiger partial charge in [-0.25, -0.2) is 0 Å². The second-order valence-corrected chi connectivity index (χ2v) is 6.51. The molecular formula is C19H27NO5. The van der Waals surface area contributed by atoms with E-state index in [1.165, 1.54) is 0 Å². The van der Waals surface area contributed by atoms with Gasteiger partial charge in [0, 0.05) is 25.9 Å². The van der Waals surface area contributed by atoms with Crippen LogP contribution in [-0.2, 0) is 16.0 Å². The van der Waals surface area contributed by atoms with Crippen LogP contribution in [0.25, 0.3) is 0 Å². The summed E-state index contributed by atoms with van der Waals surface area (Å²) in [5.41, 5.74) is 1.08. The zero-order chi connectivity index (χ0) is 18.4. The van der Waals surface area contributed by atoms with Crippen LogP contribution >= 0.6 is 0 Å². The third-order valence-corrected chi connectivity index (χ3v) is 4.99. The molecule has 1 heterocycles. The lowest BCUT2D eigenvalue weighted by molar-refractivity contribution is -0.142. The van der Waals surface area contributed by atoms with Crippen molar-refractivity contribution >= 4 is 11.9 Å². The van der Waals surface area contributed by atoms with Gasteiger partial charge in [-0.2, -0.15) is 0 Å². The molecule has 6 nitrogen and oxygen atoms in total. The highest BCUT2D eigenvalue weighted by atomic mass is 16.5. The van der Waals surface area contributed by atoms with Crippen LogP contribution in [0.2, 0.25) is 0 Å². The molecule has 138 valence electrons. The monoisotopic (exact) mass is 349 g/mol. The Morgan fingerprint density at radius 1 is 1.24 bits per heavy atom. The minimum Gasteiger partial charge on any atom is -0.493 e. The third-order valence-electron chi connectivity index (χ3n) is 4.99. The highest BCUT2D eigenvalue weighted by molar-refractivity contribution is 5.78. The van der Waals surface area contributed by atoms with Gasteiger partial charge in [-0.05, 0) is 36.0 Å². The summed E-state index contributed by atoms with van der Waals surface area (Å²) in [6.45, 7) is 3.33. The van der Waals surface area contributed by atoms with Crippen molar-refractivity contribution in [2.45, 2.75) is 32.6 Å². The second-order valence-electron chi connectivity index (χ2n) is 6.51. The number of methoxy groups -OCH3 is 2. The maximum absolute atomic E-state index is 12.4. The molecule has 0 aliphatic carbocycles. The van der Waals surface area contributed by atoms with Crippen LogP contribution in [0.5, 0.6) is 11.5 Å². The summed E-state index contributed by atoms with van der Waals surface area (Å²) in [5, 5.41) is 9.03. The molecule has 1 amide bonds. The lowest BCUT2D eigenvalue weighted by atomic mass is 9.81. The van der Waals surface area contributed by atoms with E-state index in [0.29, 0.717) is 31.0 Å². The molecule has 1 fully saturated rings. The number of benzene rings is 1. The fourth-order valence-electron chi connectivity index (χ4n) is 3.50. The highest BCUT2D eigenvalue weighted by Gasteiger charge is 2.34. The lowest BCUT2D eigenvalue weighted by Gasteiger charge is -2.37. The molecule has 6 heteroatoms. The van der Waals surface area contributed by atoms with Crippen LogP contribution < -0.4 is 9.47 Å². The number of aliphatic carboxylic acids is 1. The van der Waals surface area contributed by atoms with E-state index >= 15 is 0 Å². The molecule has 2 unspecified atom stereocenters. The summed E-state index contributed by atoms with van der Waals surface area (Å²) in [5.74, 6) is 0.791. The van der Waals surface area contributed by atoms with Crippen molar-refractivity contribution < 1.29 is 24.2 Å². The smallest absolute Gasteiger partial charge is 0.303 e. The van der Waals surface area contributed by atoms with Crippen molar-refractivity contribution in [1.82, 2.24) is 4.90 Å². The number of carbonyl (C=O) groups is 2. The van der Waals surface area contributed by atoms with E-state index in [1.54, 1.807) is 14.2 Å². The Hall–Kier alpha value is -2.24. The zero-order valence-corrected chi connectivity index (χ0v) is 15.2. The van der Waals surface area contributed by atoms with Gasteiger partial charge in [0.15, 0.2) is 11.5 Å². The predicted molar refractivity (Wildman–Crippen MR) is 94.0 cm³/mol. The number of hydrogen-bond acceptors (Lipinski definition) is 4. The van der Waals surface area contributed by atoms with E-state index in [2.05, 4.69) is 6.92 Å². The van der Waals surface area contributed by atoms with Crippen molar-refractivity contribution in [3.63, 3.8) is 0 Å². The van der Waals surface area contributed by atoms with Crippen LogP contribution in [-0.4, -0.2) is 49.2 Å². The Labute approximate surface area is 148 Å².